The van der Waals surface area contributed by atoms with Gasteiger partial charge in [-0.15, -0.1) is 0 Å². The fourth-order valence-electron chi connectivity index (χ4n) is 1.92. The Morgan fingerprint density at radius 1 is 1.35 bits per heavy atom. The maximum Gasteiger partial charge on any atom is 0.307 e. The molecule has 5 nitrogen and oxygen atoms in total. The first kappa shape index (κ1) is 16.0. The Kier molecular flexibility index (Phi) is 6.56. The van der Waals surface area contributed by atoms with Gasteiger partial charge in [0.1, 0.15) is 5.75 Å². The van der Waals surface area contributed by atoms with Crippen LogP contribution in [0.5, 0.6) is 5.75 Å². The van der Waals surface area contributed by atoms with Gasteiger partial charge in [0.05, 0.1) is 6.42 Å². The third kappa shape index (κ3) is 5.73. The highest BCUT2D eigenvalue weighted by Crippen LogP contribution is 2.18. The zero-order valence-electron chi connectivity index (χ0n) is 11.9. The molecule has 0 radical (unpaired) electrons. The van der Waals surface area contributed by atoms with Crippen LogP contribution >= 0.6 is 0 Å². The van der Waals surface area contributed by atoms with Crippen LogP contribution < -0.4 is 10.1 Å². The van der Waals surface area contributed by atoms with E-state index in [9.17, 15) is 9.59 Å². The van der Waals surface area contributed by atoms with Gasteiger partial charge < -0.3 is 15.2 Å². The lowest BCUT2D eigenvalue weighted by Gasteiger charge is -2.14. The number of benzene rings is 1. The van der Waals surface area contributed by atoms with Gasteiger partial charge in [-0.05, 0) is 19.4 Å². The quantitative estimate of drug-likeness (QED) is 0.763. The average molecular weight is 279 g/mol. The zero-order chi connectivity index (χ0) is 15.0. The number of hydrogen-bond donors (Lipinski definition) is 2. The third-order valence-corrected chi connectivity index (χ3v) is 2.80. The summed E-state index contributed by atoms with van der Waals surface area (Å²) in [6, 6.07) is 6.96. The van der Waals surface area contributed by atoms with Crippen molar-refractivity contribution in [3.63, 3.8) is 0 Å². The van der Waals surface area contributed by atoms with E-state index >= 15 is 0 Å². The molecule has 0 saturated heterocycles. The summed E-state index contributed by atoms with van der Waals surface area (Å²) < 4.78 is 5.40. The van der Waals surface area contributed by atoms with Crippen molar-refractivity contribution >= 4 is 11.9 Å². The third-order valence-electron chi connectivity index (χ3n) is 2.80. The summed E-state index contributed by atoms with van der Waals surface area (Å²) in [5, 5.41) is 11.6. The lowest BCUT2D eigenvalue weighted by molar-refractivity contribution is -0.136. The summed E-state index contributed by atoms with van der Waals surface area (Å²) in [6.45, 7) is 3.89. The van der Waals surface area contributed by atoms with Crippen LogP contribution in [-0.4, -0.2) is 29.6 Å². The summed E-state index contributed by atoms with van der Waals surface area (Å²) in [5.41, 5.74) is 0.564. The SMILES string of the molecule is CCCC(C)NC(=O)COc1ccccc1CC(=O)O. The van der Waals surface area contributed by atoms with Crippen LogP contribution in [0.1, 0.15) is 32.3 Å². The number of nitrogens with one attached hydrogen (secondary N) is 1. The summed E-state index contributed by atoms with van der Waals surface area (Å²) in [5.74, 6) is -0.689. The molecule has 0 aromatic heterocycles. The Bertz CT molecular complexity index is 459. The van der Waals surface area contributed by atoms with Gasteiger partial charge >= 0.3 is 5.97 Å². The normalized spacial score (nSPS) is 11.7. The molecule has 0 aliphatic heterocycles. The van der Waals surface area contributed by atoms with Crippen molar-refractivity contribution in [2.24, 2.45) is 0 Å². The van der Waals surface area contributed by atoms with Gasteiger partial charge in [-0.3, -0.25) is 9.59 Å². The van der Waals surface area contributed by atoms with E-state index in [4.69, 9.17) is 9.84 Å². The Hall–Kier alpha value is -2.04. The molecule has 2 N–H and O–H groups in total. The number of amides is 1. The predicted octanol–water partition coefficient (Wildman–Crippen LogP) is 2.00. The molecule has 110 valence electrons. The smallest absolute Gasteiger partial charge is 0.307 e. The van der Waals surface area contributed by atoms with E-state index < -0.39 is 5.97 Å². The number of carboxylic acids is 1. The summed E-state index contributed by atoms with van der Waals surface area (Å²) in [7, 11) is 0. The van der Waals surface area contributed by atoms with Crippen LogP contribution in [0.15, 0.2) is 24.3 Å². The maximum atomic E-state index is 11.7. The number of para-hydroxylation sites is 1. The molecule has 0 heterocycles. The van der Waals surface area contributed by atoms with Gasteiger partial charge in [-0.1, -0.05) is 31.5 Å². The first-order valence-electron chi connectivity index (χ1n) is 6.74. The molecule has 0 bridgehead atoms. The second-order valence-corrected chi connectivity index (χ2v) is 4.72. The molecule has 0 saturated carbocycles. The minimum Gasteiger partial charge on any atom is -0.483 e. The molecular formula is C15H21NO4. The highest BCUT2D eigenvalue weighted by molar-refractivity contribution is 5.78. The average Bonchev–Trinajstić information content (AvgIpc) is 2.37. The molecule has 0 fully saturated rings. The minimum absolute atomic E-state index is 0.106. The van der Waals surface area contributed by atoms with Gasteiger partial charge in [0.15, 0.2) is 6.61 Å². The van der Waals surface area contributed by atoms with Crippen molar-refractivity contribution in [2.45, 2.75) is 39.2 Å². The van der Waals surface area contributed by atoms with E-state index in [1.807, 2.05) is 6.92 Å². The summed E-state index contributed by atoms with van der Waals surface area (Å²) in [4.78, 5) is 22.4. The maximum absolute atomic E-state index is 11.7. The molecule has 5 heteroatoms. The number of aliphatic carboxylic acids is 1. The van der Waals surface area contributed by atoms with E-state index in [0.717, 1.165) is 12.8 Å². The molecule has 0 aliphatic carbocycles. The van der Waals surface area contributed by atoms with Gasteiger partial charge in [0.25, 0.3) is 5.91 Å². The van der Waals surface area contributed by atoms with E-state index in [1.165, 1.54) is 0 Å². The second kappa shape index (κ2) is 8.19. The molecule has 0 spiro atoms. The molecule has 20 heavy (non-hydrogen) atoms. The monoisotopic (exact) mass is 279 g/mol. The van der Waals surface area contributed by atoms with E-state index in [0.29, 0.717) is 11.3 Å². The number of ether oxygens (including phenoxy) is 1. The van der Waals surface area contributed by atoms with Crippen LogP contribution in [-0.2, 0) is 16.0 Å². The highest BCUT2D eigenvalue weighted by Gasteiger charge is 2.10. The van der Waals surface area contributed by atoms with Gasteiger partial charge in [0.2, 0.25) is 0 Å². The fraction of sp³-hybridized carbons (Fsp3) is 0.467. The van der Waals surface area contributed by atoms with Crippen molar-refractivity contribution < 1.29 is 19.4 Å². The van der Waals surface area contributed by atoms with Crippen LogP contribution in [0.3, 0.4) is 0 Å². The van der Waals surface area contributed by atoms with Crippen LogP contribution in [0.25, 0.3) is 0 Å². The molecule has 1 aromatic rings. The molecule has 1 aromatic carbocycles. The predicted molar refractivity (Wildman–Crippen MR) is 75.8 cm³/mol. The number of carboxylic acid groups (broad SMARTS) is 1. The molecule has 1 rings (SSSR count). The Morgan fingerprint density at radius 3 is 2.70 bits per heavy atom. The fourth-order valence-corrected chi connectivity index (χ4v) is 1.92. The lowest BCUT2D eigenvalue weighted by Crippen LogP contribution is -2.36. The first-order chi connectivity index (χ1) is 9.52. The van der Waals surface area contributed by atoms with Crippen LogP contribution in [0.4, 0.5) is 0 Å². The van der Waals surface area contributed by atoms with Crippen molar-refractivity contribution in [1.82, 2.24) is 5.32 Å². The Balaban J connectivity index is 2.52. The van der Waals surface area contributed by atoms with Gasteiger partial charge in [0, 0.05) is 11.6 Å². The molecule has 1 unspecified atom stereocenters. The zero-order valence-corrected chi connectivity index (χ0v) is 11.9. The number of carbonyl (C=O) groups is 2. The first-order valence-corrected chi connectivity index (χ1v) is 6.74. The van der Waals surface area contributed by atoms with Crippen molar-refractivity contribution in [2.75, 3.05) is 6.61 Å². The lowest BCUT2D eigenvalue weighted by atomic mass is 10.1. The Morgan fingerprint density at radius 2 is 2.05 bits per heavy atom. The second-order valence-electron chi connectivity index (χ2n) is 4.72. The van der Waals surface area contributed by atoms with Crippen molar-refractivity contribution in [3.8, 4) is 5.75 Å². The summed E-state index contributed by atoms with van der Waals surface area (Å²) in [6.07, 6.45) is 1.80. The molecule has 1 amide bonds. The highest BCUT2D eigenvalue weighted by atomic mass is 16.5. The van der Waals surface area contributed by atoms with Crippen LogP contribution in [0, 0.1) is 0 Å². The molecular weight excluding hydrogens is 258 g/mol. The molecule has 1 atom stereocenters. The van der Waals surface area contributed by atoms with Crippen LogP contribution in [0.2, 0.25) is 0 Å². The van der Waals surface area contributed by atoms with E-state index in [-0.39, 0.29) is 25.0 Å². The number of carbonyl (C=O) groups excluding carboxylic acids is 1. The summed E-state index contributed by atoms with van der Waals surface area (Å²) >= 11 is 0. The van der Waals surface area contributed by atoms with Crippen molar-refractivity contribution in [3.05, 3.63) is 29.8 Å². The van der Waals surface area contributed by atoms with E-state index in [2.05, 4.69) is 12.2 Å². The number of hydrogen-bond acceptors (Lipinski definition) is 3. The van der Waals surface area contributed by atoms with Gasteiger partial charge in [-0.2, -0.15) is 0 Å². The van der Waals surface area contributed by atoms with Crippen molar-refractivity contribution in [1.29, 1.82) is 0 Å². The number of rotatable bonds is 8. The van der Waals surface area contributed by atoms with Gasteiger partial charge in [-0.25, -0.2) is 0 Å². The largest absolute Gasteiger partial charge is 0.483 e. The van der Waals surface area contributed by atoms with E-state index in [1.54, 1.807) is 24.3 Å². The molecule has 0 aliphatic rings. The topological polar surface area (TPSA) is 75.6 Å². The minimum atomic E-state index is -0.929. The Labute approximate surface area is 118 Å². The standard InChI is InChI=1S/C15H21NO4/c1-3-6-11(2)16-14(17)10-20-13-8-5-4-7-12(13)9-15(18)19/h4-5,7-8,11H,3,6,9-10H2,1-2H3,(H,16,17)(H,18,19).